The SMILES string of the molecule is CCOC(=O)c1cc(F)c(NC=C2C(=O)OC(C)(C)OC2=O)c(Br)c1. The molecule has 1 saturated heterocycles. The summed E-state index contributed by atoms with van der Waals surface area (Å²) in [5, 5.41) is 2.50. The van der Waals surface area contributed by atoms with Crippen molar-refractivity contribution in [3.63, 3.8) is 0 Å². The maximum Gasteiger partial charge on any atom is 0.350 e. The van der Waals surface area contributed by atoms with E-state index in [0.29, 0.717) is 0 Å². The van der Waals surface area contributed by atoms with Gasteiger partial charge in [0, 0.05) is 24.5 Å². The number of benzene rings is 1. The van der Waals surface area contributed by atoms with Crippen LogP contribution in [0.25, 0.3) is 0 Å². The lowest BCUT2D eigenvalue weighted by molar-refractivity contribution is -0.222. The fraction of sp³-hybridized carbons (Fsp3) is 0.312. The molecule has 1 aliphatic heterocycles. The number of carbonyl (C=O) groups excluding carboxylic acids is 3. The number of halogens is 2. The Bertz CT molecular complexity index is 729. The fourth-order valence-corrected chi connectivity index (χ4v) is 2.52. The van der Waals surface area contributed by atoms with E-state index in [1.165, 1.54) is 19.9 Å². The zero-order valence-electron chi connectivity index (χ0n) is 13.6. The summed E-state index contributed by atoms with van der Waals surface area (Å²) in [5.41, 5.74) is -0.478. The highest BCUT2D eigenvalue weighted by atomic mass is 79.9. The minimum absolute atomic E-state index is 0.0164. The van der Waals surface area contributed by atoms with Gasteiger partial charge in [0.1, 0.15) is 5.82 Å². The van der Waals surface area contributed by atoms with Crippen molar-refractivity contribution in [1.29, 1.82) is 0 Å². The molecular formula is C16H15BrFNO6. The van der Waals surface area contributed by atoms with Crippen molar-refractivity contribution >= 4 is 39.5 Å². The van der Waals surface area contributed by atoms with Crippen LogP contribution in [0.2, 0.25) is 0 Å². The highest BCUT2D eigenvalue weighted by Crippen LogP contribution is 2.29. The zero-order chi connectivity index (χ0) is 18.8. The average molecular weight is 416 g/mol. The normalized spacial score (nSPS) is 16.0. The van der Waals surface area contributed by atoms with Crippen LogP contribution in [0.1, 0.15) is 31.1 Å². The first-order chi connectivity index (χ1) is 11.6. The number of hydrogen-bond donors (Lipinski definition) is 1. The molecule has 0 saturated carbocycles. The number of hydrogen-bond acceptors (Lipinski definition) is 7. The average Bonchev–Trinajstić information content (AvgIpc) is 2.47. The molecule has 0 radical (unpaired) electrons. The Balaban J connectivity index is 2.25. The van der Waals surface area contributed by atoms with Crippen LogP contribution >= 0.6 is 15.9 Å². The summed E-state index contributed by atoms with van der Waals surface area (Å²) >= 11 is 3.12. The second-order valence-corrected chi connectivity index (χ2v) is 6.27. The van der Waals surface area contributed by atoms with Gasteiger partial charge in [0.05, 0.1) is 17.9 Å². The summed E-state index contributed by atoms with van der Waals surface area (Å²) in [4.78, 5) is 35.3. The zero-order valence-corrected chi connectivity index (χ0v) is 15.2. The lowest BCUT2D eigenvalue weighted by Crippen LogP contribution is -2.42. The Morgan fingerprint density at radius 3 is 2.44 bits per heavy atom. The van der Waals surface area contributed by atoms with Gasteiger partial charge in [-0.15, -0.1) is 0 Å². The number of nitrogens with one attached hydrogen (secondary N) is 1. The van der Waals surface area contributed by atoms with Gasteiger partial charge in [0.25, 0.3) is 5.79 Å². The van der Waals surface area contributed by atoms with E-state index < -0.39 is 35.1 Å². The number of ether oxygens (including phenoxy) is 3. The van der Waals surface area contributed by atoms with Gasteiger partial charge in [-0.2, -0.15) is 0 Å². The van der Waals surface area contributed by atoms with Crippen LogP contribution in [0, 0.1) is 5.82 Å². The van der Waals surface area contributed by atoms with Gasteiger partial charge in [-0.25, -0.2) is 18.8 Å². The first-order valence-electron chi connectivity index (χ1n) is 7.24. The van der Waals surface area contributed by atoms with E-state index >= 15 is 0 Å². The summed E-state index contributed by atoms with van der Waals surface area (Å²) in [6.45, 7) is 4.62. The molecule has 25 heavy (non-hydrogen) atoms. The van der Waals surface area contributed by atoms with Crippen LogP contribution in [-0.4, -0.2) is 30.3 Å². The van der Waals surface area contributed by atoms with Crippen molar-refractivity contribution in [3.05, 3.63) is 39.8 Å². The Labute approximate surface area is 151 Å². The van der Waals surface area contributed by atoms with Crippen molar-refractivity contribution in [3.8, 4) is 0 Å². The molecule has 1 fully saturated rings. The Hall–Kier alpha value is -2.42. The highest BCUT2D eigenvalue weighted by molar-refractivity contribution is 9.10. The third-order valence-corrected chi connectivity index (χ3v) is 3.66. The molecule has 1 aromatic rings. The lowest BCUT2D eigenvalue weighted by atomic mass is 10.2. The van der Waals surface area contributed by atoms with Crippen LogP contribution in [0.15, 0.2) is 28.4 Å². The molecule has 0 amide bonds. The topological polar surface area (TPSA) is 90.9 Å². The Kier molecular flexibility index (Phi) is 5.46. The van der Waals surface area contributed by atoms with Gasteiger partial charge in [0.2, 0.25) is 0 Å². The van der Waals surface area contributed by atoms with Crippen molar-refractivity contribution in [2.24, 2.45) is 0 Å². The van der Waals surface area contributed by atoms with Gasteiger partial charge in [-0.3, -0.25) is 0 Å². The largest absolute Gasteiger partial charge is 0.462 e. The van der Waals surface area contributed by atoms with Gasteiger partial charge < -0.3 is 19.5 Å². The maximum absolute atomic E-state index is 14.2. The molecule has 0 aliphatic carbocycles. The third kappa shape index (κ3) is 4.36. The fourth-order valence-electron chi connectivity index (χ4n) is 1.97. The molecule has 1 aromatic carbocycles. The van der Waals surface area contributed by atoms with Gasteiger partial charge in [-0.05, 0) is 35.0 Å². The van der Waals surface area contributed by atoms with Gasteiger partial charge in [0.15, 0.2) is 5.57 Å². The van der Waals surface area contributed by atoms with E-state index in [0.717, 1.165) is 12.3 Å². The molecule has 2 rings (SSSR count). The number of carbonyl (C=O) groups is 3. The molecule has 7 nitrogen and oxygen atoms in total. The number of rotatable bonds is 4. The predicted octanol–water partition coefficient (Wildman–Crippen LogP) is 2.90. The minimum Gasteiger partial charge on any atom is -0.462 e. The molecule has 1 aliphatic rings. The van der Waals surface area contributed by atoms with Crippen molar-refractivity contribution in [2.75, 3.05) is 11.9 Å². The van der Waals surface area contributed by atoms with E-state index in [1.54, 1.807) is 6.92 Å². The predicted molar refractivity (Wildman–Crippen MR) is 88.0 cm³/mol. The van der Waals surface area contributed by atoms with Crippen molar-refractivity contribution < 1.29 is 33.0 Å². The summed E-state index contributed by atoms with van der Waals surface area (Å²) < 4.78 is 29.1. The monoisotopic (exact) mass is 415 g/mol. The lowest BCUT2D eigenvalue weighted by Gasteiger charge is -2.29. The quantitative estimate of drug-likeness (QED) is 0.459. The van der Waals surface area contributed by atoms with Crippen LogP contribution in [0.3, 0.4) is 0 Å². The van der Waals surface area contributed by atoms with Crippen LogP contribution in [0.4, 0.5) is 10.1 Å². The Morgan fingerprint density at radius 2 is 1.92 bits per heavy atom. The molecule has 134 valence electrons. The third-order valence-electron chi connectivity index (χ3n) is 3.03. The Morgan fingerprint density at radius 1 is 1.32 bits per heavy atom. The van der Waals surface area contributed by atoms with Crippen molar-refractivity contribution in [2.45, 2.75) is 26.6 Å². The first-order valence-corrected chi connectivity index (χ1v) is 8.03. The molecular weight excluding hydrogens is 401 g/mol. The van der Waals surface area contributed by atoms with Crippen LogP contribution in [0.5, 0.6) is 0 Å². The van der Waals surface area contributed by atoms with E-state index in [-0.39, 0.29) is 22.3 Å². The highest BCUT2D eigenvalue weighted by Gasteiger charge is 2.39. The standard InChI is InChI=1S/C16H15BrFNO6/c1-4-23-13(20)8-5-10(17)12(11(18)6-8)19-7-9-14(21)24-16(2,3)25-15(9)22/h5-7,19H,4H2,1-3H3. The van der Waals surface area contributed by atoms with E-state index in [2.05, 4.69) is 21.2 Å². The molecule has 0 aromatic heterocycles. The minimum atomic E-state index is -1.36. The summed E-state index contributed by atoms with van der Waals surface area (Å²) in [6, 6.07) is 2.33. The number of esters is 3. The molecule has 0 spiro atoms. The second-order valence-electron chi connectivity index (χ2n) is 5.42. The maximum atomic E-state index is 14.2. The van der Waals surface area contributed by atoms with Gasteiger partial charge >= 0.3 is 17.9 Å². The second kappa shape index (κ2) is 7.22. The molecule has 0 unspecified atom stereocenters. The summed E-state index contributed by atoms with van der Waals surface area (Å²) in [5.74, 6) is -4.61. The van der Waals surface area contributed by atoms with E-state index in [1.807, 2.05) is 0 Å². The van der Waals surface area contributed by atoms with Crippen LogP contribution < -0.4 is 5.32 Å². The van der Waals surface area contributed by atoms with Crippen molar-refractivity contribution in [1.82, 2.24) is 0 Å². The number of cyclic esters (lactones) is 2. The molecule has 0 bridgehead atoms. The smallest absolute Gasteiger partial charge is 0.350 e. The molecule has 1 heterocycles. The first kappa shape index (κ1) is 18.9. The molecule has 9 heteroatoms. The van der Waals surface area contributed by atoms with Gasteiger partial charge in [-0.1, -0.05) is 0 Å². The van der Waals surface area contributed by atoms with E-state index in [4.69, 9.17) is 14.2 Å². The summed E-state index contributed by atoms with van der Waals surface area (Å²) in [7, 11) is 0. The van der Waals surface area contributed by atoms with E-state index in [9.17, 15) is 18.8 Å². The molecule has 0 atom stereocenters. The number of anilines is 1. The van der Waals surface area contributed by atoms with Crippen LogP contribution in [-0.2, 0) is 23.8 Å². The molecule has 1 N–H and O–H groups in total. The summed E-state index contributed by atoms with van der Waals surface area (Å²) in [6.07, 6.45) is 0.979.